The number of carbonyl (C=O) groups is 4. The molecule has 50 heavy (non-hydrogen) atoms. The number of hydrogen-bond donors (Lipinski definition) is 3. The SMILES string of the molecule is CNC(=O)[C@@H](NC(=O)[C@H]1CN(C(=O)C2=CN(Cc3ccccc3)NC2C)CC12CN(C(=O)C1(CC3CC3)CC1)C2)[C@@H](C)OCc1ccccc1. The lowest BCUT2D eigenvalue weighted by atomic mass is 9.70. The highest BCUT2D eigenvalue weighted by Gasteiger charge is 2.63. The van der Waals surface area contributed by atoms with Gasteiger partial charge in [-0.1, -0.05) is 73.5 Å². The first kappa shape index (κ1) is 34.2. The summed E-state index contributed by atoms with van der Waals surface area (Å²) in [6.07, 6.45) is 6.53. The van der Waals surface area contributed by atoms with Gasteiger partial charge in [0.2, 0.25) is 17.7 Å². The molecule has 4 fully saturated rings. The molecule has 3 heterocycles. The zero-order chi connectivity index (χ0) is 35.0. The lowest BCUT2D eigenvalue weighted by molar-refractivity contribution is -0.155. The third-order valence-electron chi connectivity index (χ3n) is 11.4. The number of rotatable bonds is 13. The lowest BCUT2D eigenvalue weighted by Crippen LogP contribution is -2.66. The highest BCUT2D eigenvalue weighted by molar-refractivity contribution is 5.96. The van der Waals surface area contributed by atoms with Crippen molar-refractivity contribution in [2.24, 2.45) is 22.7 Å². The summed E-state index contributed by atoms with van der Waals surface area (Å²) in [5.41, 5.74) is 5.29. The van der Waals surface area contributed by atoms with Crippen molar-refractivity contribution in [3.8, 4) is 0 Å². The molecule has 0 aromatic heterocycles. The van der Waals surface area contributed by atoms with E-state index in [-0.39, 0.29) is 41.6 Å². The smallest absolute Gasteiger partial charge is 0.253 e. The van der Waals surface area contributed by atoms with Crippen LogP contribution in [0.5, 0.6) is 0 Å². The van der Waals surface area contributed by atoms with Gasteiger partial charge >= 0.3 is 0 Å². The molecule has 2 saturated carbocycles. The quantitative estimate of drug-likeness (QED) is 0.297. The number of likely N-dealkylation sites (tertiary alicyclic amines) is 2. The van der Waals surface area contributed by atoms with Gasteiger partial charge in [-0.05, 0) is 50.2 Å². The molecule has 1 unspecified atom stereocenters. The van der Waals surface area contributed by atoms with Crippen LogP contribution in [-0.2, 0) is 37.1 Å². The van der Waals surface area contributed by atoms with Crippen molar-refractivity contribution in [2.45, 2.75) is 77.3 Å². The van der Waals surface area contributed by atoms with Gasteiger partial charge in [0.05, 0.1) is 36.8 Å². The van der Waals surface area contributed by atoms with Crippen molar-refractivity contribution in [1.82, 2.24) is 30.9 Å². The molecule has 0 bridgehead atoms. The molecule has 1 spiro atoms. The van der Waals surface area contributed by atoms with Crippen molar-refractivity contribution >= 4 is 23.6 Å². The largest absolute Gasteiger partial charge is 0.371 e. The first-order chi connectivity index (χ1) is 24.1. The third kappa shape index (κ3) is 7.03. The molecule has 2 saturated heterocycles. The second kappa shape index (κ2) is 13.8. The normalized spacial score (nSPS) is 24.3. The van der Waals surface area contributed by atoms with Crippen LogP contribution in [0.25, 0.3) is 0 Å². The predicted octanol–water partition coefficient (Wildman–Crippen LogP) is 2.98. The maximum absolute atomic E-state index is 14.3. The molecule has 2 aliphatic carbocycles. The molecule has 4 amide bonds. The molecule has 11 nitrogen and oxygen atoms in total. The third-order valence-corrected chi connectivity index (χ3v) is 11.4. The van der Waals surface area contributed by atoms with E-state index in [1.54, 1.807) is 18.9 Å². The van der Waals surface area contributed by atoms with E-state index in [9.17, 15) is 19.2 Å². The lowest BCUT2D eigenvalue weighted by Gasteiger charge is -2.51. The second-order valence-electron chi connectivity index (χ2n) is 15.3. The van der Waals surface area contributed by atoms with Gasteiger partial charge in [0.1, 0.15) is 6.04 Å². The highest BCUT2D eigenvalue weighted by Crippen LogP contribution is 2.58. The Labute approximate surface area is 294 Å². The number of carbonyl (C=O) groups excluding carboxylic acids is 4. The highest BCUT2D eigenvalue weighted by atomic mass is 16.5. The zero-order valence-electron chi connectivity index (χ0n) is 29.4. The number of hydrogen-bond acceptors (Lipinski definition) is 7. The van der Waals surface area contributed by atoms with Crippen molar-refractivity contribution in [2.75, 3.05) is 33.2 Å². The molecule has 11 heteroatoms. The maximum atomic E-state index is 14.3. The van der Waals surface area contributed by atoms with E-state index in [4.69, 9.17) is 4.74 Å². The molecule has 3 N–H and O–H groups in total. The number of ether oxygens (including phenoxy) is 1. The Morgan fingerprint density at radius 3 is 2.20 bits per heavy atom. The fourth-order valence-electron chi connectivity index (χ4n) is 8.16. The monoisotopic (exact) mass is 682 g/mol. The molecule has 266 valence electrons. The average Bonchev–Trinajstić information content (AvgIpc) is 4.02. The van der Waals surface area contributed by atoms with Gasteiger partial charge in [-0.15, -0.1) is 0 Å². The zero-order valence-corrected chi connectivity index (χ0v) is 29.4. The van der Waals surface area contributed by atoms with Gasteiger partial charge in [-0.3, -0.25) is 19.2 Å². The van der Waals surface area contributed by atoms with Crippen LogP contribution in [0.1, 0.15) is 57.1 Å². The van der Waals surface area contributed by atoms with Crippen LogP contribution in [0, 0.1) is 22.7 Å². The van der Waals surface area contributed by atoms with Gasteiger partial charge in [0.15, 0.2) is 0 Å². The van der Waals surface area contributed by atoms with Crippen LogP contribution < -0.4 is 16.1 Å². The Balaban J connectivity index is 1.08. The molecule has 0 radical (unpaired) electrons. The minimum atomic E-state index is -0.933. The maximum Gasteiger partial charge on any atom is 0.253 e. The summed E-state index contributed by atoms with van der Waals surface area (Å²) in [5.74, 6) is -0.484. The first-order valence-electron chi connectivity index (χ1n) is 18.1. The molecular weight excluding hydrogens is 632 g/mol. The van der Waals surface area contributed by atoms with Gasteiger partial charge in [-0.2, -0.15) is 0 Å². The number of hydrazine groups is 1. The van der Waals surface area contributed by atoms with E-state index in [0.717, 1.165) is 30.4 Å². The van der Waals surface area contributed by atoms with Crippen molar-refractivity contribution < 1.29 is 23.9 Å². The van der Waals surface area contributed by atoms with Crippen LogP contribution in [-0.4, -0.2) is 89.9 Å². The number of likely N-dealkylation sites (N-methyl/N-ethyl adjacent to an activating group) is 1. The average molecular weight is 683 g/mol. The van der Waals surface area contributed by atoms with Crippen molar-refractivity contribution in [3.63, 3.8) is 0 Å². The summed E-state index contributed by atoms with van der Waals surface area (Å²) < 4.78 is 6.08. The van der Waals surface area contributed by atoms with Gasteiger partial charge in [0.25, 0.3) is 5.91 Å². The molecule has 2 aromatic carbocycles. The van der Waals surface area contributed by atoms with Crippen molar-refractivity contribution in [1.29, 1.82) is 0 Å². The first-order valence-corrected chi connectivity index (χ1v) is 18.1. The van der Waals surface area contributed by atoms with E-state index in [1.807, 2.05) is 83.7 Å². The summed E-state index contributed by atoms with van der Waals surface area (Å²) in [6.45, 7) is 6.10. The fourth-order valence-corrected chi connectivity index (χ4v) is 8.16. The second-order valence-corrected chi connectivity index (χ2v) is 15.3. The molecule has 7 rings (SSSR count). The Kier molecular flexibility index (Phi) is 9.47. The van der Waals surface area contributed by atoms with Gasteiger partial charge < -0.3 is 30.2 Å². The van der Waals surface area contributed by atoms with Gasteiger partial charge in [0, 0.05) is 50.3 Å². The Bertz CT molecular complexity index is 1620. The molecular formula is C39H50N6O5. The summed E-state index contributed by atoms with van der Waals surface area (Å²) >= 11 is 0. The number of benzene rings is 2. The topological polar surface area (TPSA) is 123 Å². The standard InChI is InChI=1S/C39H50N6O5/c1-26-31(20-45(42-26)19-29-10-6-4-7-11-29)36(48)43-21-32(39(23-43)24-44(25-39)37(49)38(16-17-38)18-28-14-15-28)34(46)41-33(35(47)40-3)27(2)50-22-30-12-8-5-9-13-30/h4-13,20,26-28,32-33,42H,14-19,21-25H2,1-3H3,(H,40,47)(H,41,46)/t26?,27-,32-,33+/m1/s1. The van der Waals surface area contributed by atoms with E-state index >= 15 is 0 Å². The fraction of sp³-hybridized carbons (Fsp3) is 0.538. The minimum absolute atomic E-state index is 0.116. The van der Waals surface area contributed by atoms with E-state index in [2.05, 4.69) is 16.1 Å². The van der Waals surface area contributed by atoms with Crippen LogP contribution in [0.2, 0.25) is 0 Å². The number of nitrogens with zero attached hydrogens (tertiary/aromatic N) is 3. The summed E-state index contributed by atoms with van der Waals surface area (Å²) in [5, 5.41) is 7.62. The number of amides is 4. The van der Waals surface area contributed by atoms with E-state index < -0.39 is 23.5 Å². The van der Waals surface area contributed by atoms with Crippen LogP contribution >= 0.6 is 0 Å². The molecule has 5 aliphatic rings. The summed E-state index contributed by atoms with van der Waals surface area (Å²) in [7, 11) is 1.54. The van der Waals surface area contributed by atoms with Gasteiger partial charge in [-0.25, -0.2) is 5.43 Å². The Morgan fingerprint density at radius 1 is 0.940 bits per heavy atom. The van der Waals surface area contributed by atoms with E-state index in [1.165, 1.54) is 12.8 Å². The van der Waals surface area contributed by atoms with Crippen LogP contribution in [0.4, 0.5) is 0 Å². The Hall–Kier alpha value is -4.22. The van der Waals surface area contributed by atoms with Crippen molar-refractivity contribution in [3.05, 3.63) is 83.6 Å². The van der Waals surface area contributed by atoms with E-state index in [0.29, 0.717) is 44.3 Å². The summed E-state index contributed by atoms with van der Waals surface area (Å²) in [4.78, 5) is 59.1. The predicted molar refractivity (Wildman–Crippen MR) is 187 cm³/mol. The summed E-state index contributed by atoms with van der Waals surface area (Å²) in [6, 6.07) is 18.6. The minimum Gasteiger partial charge on any atom is -0.371 e. The molecule has 4 atom stereocenters. The van der Waals surface area contributed by atoms with Crippen LogP contribution in [0.3, 0.4) is 0 Å². The number of nitrogens with one attached hydrogen (secondary N) is 3. The molecule has 2 aromatic rings. The Morgan fingerprint density at radius 2 is 1.58 bits per heavy atom. The molecule has 3 aliphatic heterocycles. The van der Waals surface area contributed by atoms with Crippen LogP contribution in [0.15, 0.2) is 72.4 Å².